The van der Waals surface area contributed by atoms with Gasteiger partial charge in [0.2, 0.25) is 0 Å². The third-order valence-electron chi connectivity index (χ3n) is 3.19. The van der Waals surface area contributed by atoms with Gasteiger partial charge in [0, 0.05) is 25.0 Å². The average molecular weight is 186 g/mol. The second kappa shape index (κ2) is 3.21. The Hall–Kier alpha value is -1.15. The largest absolute Gasteiger partial charge is 0.313 e. The fourth-order valence-corrected chi connectivity index (χ4v) is 2.52. The van der Waals surface area contributed by atoms with Crippen LogP contribution in [0.2, 0.25) is 0 Å². The minimum atomic E-state index is 0.709. The highest BCUT2D eigenvalue weighted by Crippen LogP contribution is 2.32. The van der Waals surface area contributed by atoms with E-state index in [4.69, 9.17) is 0 Å². The second-order valence-electron chi connectivity index (χ2n) is 4.24. The van der Waals surface area contributed by atoms with Gasteiger partial charge in [0.1, 0.15) is 0 Å². The third kappa shape index (κ3) is 1.36. The highest BCUT2D eigenvalue weighted by molar-refractivity contribution is 5.66. The minimum absolute atomic E-state index is 0.709. The summed E-state index contributed by atoms with van der Waals surface area (Å²) in [6, 6.07) is 4.88. The van der Waals surface area contributed by atoms with Gasteiger partial charge in [-0.25, -0.2) is 0 Å². The Balaban J connectivity index is 1.93. The first-order valence-electron chi connectivity index (χ1n) is 5.26. The predicted molar refractivity (Wildman–Crippen MR) is 56.7 cm³/mol. The molecule has 2 heterocycles. The fraction of sp³-hybridized carbons (Fsp3) is 0.417. The maximum atomic E-state index is 4.17. The molecule has 1 aromatic rings. The van der Waals surface area contributed by atoms with Gasteiger partial charge < -0.3 is 5.32 Å². The van der Waals surface area contributed by atoms with Gasteiger partial charge in [-0.05, 0) is 36.0 Å². The summed E-state index contributed by atoms with van der Waals surface area (Å²) >= 11 is 0. The zero-order valence-corrected chi connectivity index (χ0v) is 8.11. The van der Waals surface area contributed by atoms with Crippen LogP contribution < -0.4 is 5.32 Å². The Morgan fingerprint density at radius 3 is 3.21 bits per heavy atom. The molecule has 2 nitrogen and oxygen atoms in total. The number of rotatable bonds is 1. The van der Waals surface area contributed by atoms with Gasteiger partial charge in [-0.15, -0.1) is 0 Å². The first kappa shape index (κ1) is 8.18. The first-order chi connectivity index (χ1) is 6.92. The number of nitrogens with zero attached hydrogens (tertiary/aromatic N) is 1. The number of aromatic nitrogens is 1. The van der Waals surface area contributed by atoms with Gasteiger partial charge in [0.05, 0.1) is 0 Å². The normalized spacial score (nSPS) is 30.1. The summed E-state index contributed by atoms with van der Waals surface area (Å²) < 4.78 is 0. The van der Waals surface area contributed by atoms with Crippen molar-refractivity contribution in [2.75, 3.05) is 6.54 Å². The zero-order valence-electron chi connectivity index (χ0n) is 8.11. The third-order valence-corrected chi connectivity index (χ3v) is 3.19. The van der Waals surface area contributed by atoms with E-state index in [0.29, 0.717) is 6.04 Å². The standard InChI is InChI=1S/C12H14N2/c1-2-10(8-13-3-1)11-4-9-5-12(6-11)14-7-9/h1-4,8-9,12,14H,5-7H2/t9-,12-/m1/s1. The van der Waals surface area contributed by atoms with E-state index in [1.54, 1.807) is 0 Å². The smallest absolute Gasteiger partial charge is 0.0342 e. The quantitative estimate of drug-likeness (QED) is 0.724. The molecule has 14 heavy (non-hydrogen) atoms. The zero-order chi connectivity index (χ0) is 9.38. The lowest BCUT2D eigenvalue weighted by atomic mass is 9.88. The van der Waals surface area contributed by atoms with Crippen LogP contribution in [0.15, 0.2) is 30.6 Å². The van der Waals surface area contributed by atoms with Crippen molar-refractivity contribution in [2.24, 2.45) is 5.92 Å². The molecule has 0 saturated carbocycles. The average Bonchev–Trinajstić information content (AvgIpc) is 2.59. The highest BCUT2D eigenvalue weighted by Gasteiger charge is 2.28. The summed E-state index contributed by atoms with van der Waals surface area (Å²) in [6.45, 7) is 1.16. The van der Waals surface area contributed by atoms with Crippen molar-refractivity contribution in [1.29, 1.82) is 0 Å². The van der Waals surface area contributed by atoms with Gasteiger partial charge in [-0.2, -0.15) is 0 Å². The molecule has 3 rings (SSSR count). The van der Waals surface area contributed by atoms with Gasteiger partial charge in [0.25, 0.3) is 0 Å². The van der Waals surface area contributed by atoms with Crippen molar-refractivity contribution in [2.45, 2.75) is 18.9 Å². The lowest BCUT2D eigenvalue weighted by molar-refractivity contribution is 0.596. The molecule has 2 aliphatic rings. The second-order valence-corrected chi connectivity index (χ2v) is 4.24. The van der Waals surface area contributed by atoms with Crippen LogP contribution in [0, 0.1) is 5.92 Å². The van der Waals surface area contributed by atoms with Crippen LogP contribution in [0.4, 0.5) is 0 Å². The molecular weight excluding hydrogens is 172 g/mol. The van der Waals surface area contributed by atoms with Gasteiger partial charge in [0.15, 0.2) is 0 Å². The molecule has 0 radical (unpaired) electrons. The van der Waals surface area contributed by atoms with E-state index in [1.165, 1.54) is 24.0 Å². The van der Waals surface area contributed by atoms with E-state index in [1.807, 2.05) is 18.5 Å². The minimum Gasteiger partial charge on any atom is -0.313 e. The summed E-state index contributed by atoms with van der Waals surface area (Å²) in [6.07, 6.45) is 8.72. The Morgan fingerprint density at radius 2 is 2.43 bits per heavy atom. The van der Waals surface area contributed by atoms with E-state index in [0.717, 1.165) is 12.5 Å². The lowest BCUT2D eigenvalue weighted by Gasteiger charge is -2.18. The van der Waals surface area contributed by atoms with E-state index in [2.05, 4.69) is 22.4 Å². The van der Waals surface area contributed by atoms with Crippen molar-refractivity contribution in [3.05, 3.63) is 36.2 Å². The van der Waals surface area contributed by atoms with E-state index < -0.39 is 0 Å². The number of pyridine rings is 1. The summed E-state index contributed by atoms with van der Waals surface area (Å²) in [4.78, 5) is 4.17. The summed E-state index contributed by atoms with van der Waals surface area (Å²) in [5.74, 6) is 0.754. The number of nitrogens with one attached hydrogen (secondary N) is 1. The molecule has 1 aromatic heterocycles. The van der Waals surface area contributed by atoms with E-state index >= 15 is 0 Å². The monoisotopic (exact) mass is 186 g/mol. The molecule has 0 amide bonds. The van der Waals surface area contributed by atoms with Gasteiger partial charge in [-0.3, -0.25) is 4.98 Å². The highest BCUT2D eigenvalue weighted by atomic mass is 15.0. The van der Waals surface area contributed by atoms with Crippen LogP contribution in [0.1, 0.15) is 18.4 Å². The summed E-state index contributed by atoms with van der Waals surface area (Å²) in [5, 5.41) is 3.55. The van der Waals surface area contributed by atoms with Crippen molar-refractivity contribution < 1.29 is 0 Å². The summed E-state index contributed by atoms with van der Waals surface area (Å²) in [7, 11) is 0. The van der Waals surface area contributed by atoms with Crippen LogP contribution in [0.25, 0.3) is 5.57 Å². The molecular formula is C12H14N2. The van der Waals surface area contributed by atoms with Crippen LogP contribution in [0.5, 0.6) is 0 Å². The van der Waals surface area contributed by atoms with Gasteiger partial charge in [-0.1, -0.05) is 12.1 Å². The maximum Gasteiger partial charge on any atom is 0.0342 e. The molecule has 1 aliphatic carbocycles. The number of hydrogen-bond donors (Lipinski definition) is 1. The number of hydrogen-bond acceptors (Lipinski definition) is 2. The molecule has 1 N–H and O–H groups in total. The molecule has 2 heteroatoms. The van der Waals surface area contributed by atoms with Crippen molar-refractivity contribution in [3.63, 3.8) is 0 Å². The molecule has 2 bridgehead atoms. The fourth-order valence-electron chi connectivity index (χ4n) is 2.52. The van der Waals surface area contributed by atoms with E-state index in [-0.39, 0.29) is 0 Å². The van der Waals surface area contributed by atoms with E-state index in [9.17, 15) is 0 Å². The Bertz CT molecular complexity index is 356. The Morgan fingerprint density at radius 1 is 1.43 bits per heavy atom. The summed E-state index contributed by atoms with van der Waals surface area (Å²) in [5.41, 5.74) is 2.77. The van der Waals surface area contributed by atoms with Crippen LogP contribution in [-0.2, 0) is 0 Å². The Labute approximate surface area is 84.1 Å². The van der Waals surface area contributed by atoms with Crippen LogP contribution in [-0.4, -0.2) is 17.6 Å². The molecule has 1 fully saturated rings. The molecule has 0 unspecified atom stereocenters. The predicted octanol–water partition coefficient (Wildman–Crippen LogP) is 1.85. The maximum absolute atomic E-state index is 4.17. The van der Waals surface area contributed by atoms with Crippen molar-refractivity contribution >= 4 is 5.57 Å². The Kier molecular flexibility index (Phi) is 1.88. The molecule has 2 atom stereocenters. The van der Waals surface area contributed by atoms with Crippen molar-refractivity contribution in [1.82, 2.24) is 10.3 Å². The van der Waals surface area contributed by atoms with Crippen LogP contribution in [0.3, 0.4) is 0 Å². The van der Waals surface area contributed by atoms with Crippen LogP contribution >= 0.6 is 0 Å². The molecule has 0 spiro atoms. The first-order valence-corrected chi connectivity index (χ1v) is 5.26. The molecule has 0 aromatic carbocycles. The topological polar surface area (TPSA) is 24.9 Å². The van der Waals surface area contributed by atoms with Gasteiger partial charge >= 0.3 is 0 Å². The lowest BCUT2D eigenvalue weighted by Crippen LogP contribution is -2.21. The molecule has 1 aliphatic heterocycles. The van der Waals surface area contributed by atoms with Crippen molar-refractivity contribution in [3.8, 4) is 0 Å². The molecule has 72 valence electrons. The molecule has 1 saturated heterocycles. The number of fused-ring (bicyclic) bond motifs is 2. The SMILES string of the molecule is C1=C(c2cccnc2)C[C@H]2C[C@@H]1CN2.